The minimum atomic E-state index is -0.601. The van der Waals surface area contributed by atoms with Gasteiger partial charge in [0.05, 0.1) is 6.61 Å². The lowest BCUT2D eigenvalue weighted by atomic mass is 10.2. The van der Waals surface area contributed by atoms with Gasteiger partial charge in [0.25, 0.3) is 0 Å². The van der Waals surface area contributed by atoms with Gasteiger partial charge in [0.1, 0.15) is 10.9 Å². The maximum absolute atomic E-state index is 11.2. The van der Waals surface area contributed by atoms with E-state index in [2.05, 4.69) is 15.9 Å². The molecular weight excluding hydrogens is 288 g/mol. The van der Waals surface area contributed by atoms with Crippen LogP contribution in [0, 0.1) is 0 Å². The maximum Gasteiger partial charge on any atom is 0.322 e. The topological polar surface area (TPSA) is 46.5 Å². The van der Waals surface area contributed by atoms with Gasteiger partial charge in [-0.1, -0.05) is 37.5 Å². The first-order valence-corrected chi connectivity index (χ1v) is 7.48. The molecule has 84 valence electrons. The summed E-state index contributed by atoms with van der Waals surface area (Å²) in [7, 11) is 3.17. The van der Waals surface area contributed by atoms with Crippen molar-refractivity contribution in [2.75, 3.05) is 24.7 Å². The number of halogens is 1. The van der Waals surface area contributed by atoms with E-state index >= 15 is 0 Å². The van der Waals surface area contributed by atoms with E-state index in [-0.39, 0.29) is 12.6 Å². The first-order valence-electron chi connectivity index (χ1n) is 4.20. The summed E-state index contributed by atoms with van der Waals surface area (Å²) in [6, 6.07) is 0. The van der Waals surface area contributed by atoms with Crippen molar-refractivity contribution in [2.45, 2.75) is 18.2 Å². The smallest absolute Gasteiger partial charge is 0.322 e. The highest BCUT2D eigenvalue weighted by Crippen LogP contribution is 2.21. The van der Waals surface area contributed by atoms with Crippen LogP contribution in [0.1, 0.15) is 13.8 Å². The predicted molar refractivity (Wildman–Crippen MR) is 66.0 cm³/mol. The zero-order valence-electron chi connectivity index (χ0n) is 8.29. The molecular formula is C8H15BrO3S2. The van der Waals surface area contributed by atoms with Crippen LogP contribution < -0.4 is 0 Å². The molecule has 0 rings (SSSR count). The number of aliphatic hydroxyl groups is 1. The molecule has 0 amide bonds. The summed E-state index contributed by atoms with van der Waals surface area (Å²) in [6.07, 6.45) is 0. The third-order valence-electron chi connectivity index (χ3n) is 1.14. The third-order valence-corrected chi connectivity index (χ3v) is 3.82. The Morgan fingerprint density at radius 1 is 1.43 bits per heavy atom. The van der Waals surface area contributed by atoms with E-state index in [1.165, 1.54) is 0 Å². The molecule has 0 spiro atoms. The van der Waals surface area contributed by atoms with Crippen LogP contribution in [0.15, 0.2) is 0 Å². The molecule has 0 fully saturated rings. The Labute approximate surface area is 101 Å². The number of rotatable bonds is 7. The number of ether oxygens (including phenoxy) is 1. The molecule has 0 aliphatic rings. The van der Waals surface area contributed by atoms with Crippen LogP contribution in [-0.2, 0) is 9.53 Å². The van der Waals surface area contributed by atoms with Gasteiger partial charge in [0, 0.05) is 11.5 Å². The van der Waals surface area contributed by atoms with Crippen LogP contribution in [0.4, 0.5) is 0 Å². The van der Waals surface area contributed by atoms with E-state index < -0.39 is 4.32 Å². The minimum Gasteiger partial charge on any atom is -0.464 e. The molecule has 0 aromatic carbocycles. The highest BCUT2D eigenvalue weighted by Gasteiger charge is 2.24. The third kappa shape index (κ3) is 7.96. The molecule has 3 nitrogen and oxygen atoms in total. The van der Waals surface area contributed by atoms with Crippen LogP contribution in [-0.4, -0.2) is 40.1 Å². The van der Waals surface area contributed by atoms with Crippen molar-refractivity contribution in [3.8, 4) is 0 Å². The van der Waals surface area contributed by atoms with Gasteiger partial charge in [-0.25, -0.2) is 0 Å². The summed E-state index contributed by atoms with van der Waals surface area (Å²) in [6.45, 7) is 4.11. The van der Waals surface area contributed by atoms with E-state index in [1.54, 1.807) is 35.4 Å². The first kappa shape index (κ1) is 14.6. The zero-order valence-corrected chi connectivity index (χ0v) is 11.5. The molecule has 0 saturated carbocycles. The van der Waals surface area contributed by atoms with E-state index in [4.69, 9.17) is 9.84 Å². The second-order valence-corrected chi connectivity index (χ2v) is 7.66. The van der Waals surface area contributed by atoms with E-state index in [0.717, 1.165) is 5.75 Å². The van der Waals surface area contributed by atoms with Crippen LogP contribution in [0.3, 0.4) is 0 Å². The molecule has 14 heavy (non-hydrogen) atoms. The van der Waals surface area contributed by atoms with Crippen molar-refractivity contribution in [1.82, 2.24) is 0 Å². The molecule has 6 heteroatoms. The fourth-order valence-electron chi connectivity index (χ4n) is 0.495. The van der Waals surface area contributed by atoms with Crippen molar-refractivity contribution >= 4 is 43.5 Å². The quantitative estimate of drug-likeness (QED) is 0.338. The summed E-state index contributed by atoms with van der Waals surface area (Å²) < 4.78 is 4.40. The van der Waals surface area contributed by atoms with Crippen molar-refractivity contribution in [2.24, 2.45) is 0 Å². The molecule has 0 heterocycles. The predicted octanol–water partition coefficient (Wildman–Crippen LogP) is 2.08. The lowest BCUT2D eigenvalue weighted by molar-refractivity contribution is -0.144. The molecule has 1 N–H and O–H groups in total. The molecule has 0 saturated heterocycles. The van der Waals surface area contributed by atoms with Crippen molar-refractivity contribution in [3.63, 3.8) is 0 Å². The number of aliphatic hydroxyl groups excluding tert-OH is 1. The lowest BCUT2D eigenvalue weighted by Crippen LogP contribution is -2.27. The summed E-state index contributed by atoms with van der Waals surface area (Å²) in [4.78, 5) is 11.2. The van der Waals surface area contributed by atoms with Gasteiger partial charge < -0.3 is 9.84 Å². The number of alkyl halides is 1. The van der Waals surface area contributed by atoms with E-state index in [9.17, 15) is 4.79 Å². The highest BCUT2D eigenvalue weighted by molar-refractivity contribution is 9.10. The van der Waals surface area contributed by atoms with E-state index in [0.29, 0.717) is 12.4 Å². The van der Waals surface area contributed by atoms with Gasteiger partial charge in [0.15, 0.2) is 0 Å². The normalized spacial score (nSPS) is 11.4. The standard InChI is InChI=1S/C8H15BrO3S2/c1-8(2,9)7(11)12-4-6-14-13-5-3-10/h10H,3-6H2,1-2H3. The highest BCUT2D eigenvalue weighted by atomic mass is 79.9. The summed E-state index contributed by atoms with van der Waals surface area (Å²) in [5, 5.41) is 8.49. The van der Waals surface area contributed by atoms with E-state index in [1.807, 2.05) is 0 Å². The van der Waals surface area contributed by atoms with Gasteiger partial charge in [-0.2, -0.15) is 0 Å². The average molecular weight is 303 g/mol. The average Bonchev–Trinajstić information content (AvgIpc) is 2.09. The van der Waals surface area contributed by atoms with Crippen molar-refractivity contribution < 1.29 is 14.6 Å². The van der Waals surface area contributed by atoms with Gasteiger partial charge in [0.2, 0.25) is 0 Å². The summed E-state index contributed by atoms with van der Waals surface area (Å²) >= 11 is 3.22. The number of hydrogen-bond acceptors (Lipinski definition) is 5. The SMILES string of the molecule is CC(C)(Br)C(=O)OCCSSCCO. The molecule has 0 atom stereocenters. The first-order chi connectivity index (χ1) is 6.48. The Bertz CT molecular complexity index is 170. The number of carbonyl (C=O) groups is 1. The van der Waals surface area contributed by atoms with Crippen LogP contribution in [0.25, 0.3) is 0 Å². The number of esters is 1. The Hall–Kier alpha value is 0.610. The number of carbonyl (C=O) groups excluding carboxylic acids is 1. The van der Waals surface area contributed by atoms with Crippen molar-refractivity contribution in [1.29, 1.82) is 0 Å². The maximum atomic E-state index is 11.2. The number of hydrogen-bond donors (Lipinski definition) is 1. The van der Waals surface area contributed by atoms with Gasteiger partial charge in [-0.05, 0) is 13.8 Å². The molecule has 0 aliphatic carbocycles. The second kappa shape index (κ2) is 7.84. The molecule has 0 bridgehead atoms. The van der Waals surface area contributed by atoms with Crippen LogP contribution in [0.5, 0.6) is 0 Å². The van der Waals surface area contributed by atoms with Crippen molar-refractivity contribution in [3.05, 3.63) is 0 Å². The largest absolute Gasteiger partial charge is 0.464 e. The Morgan fingerprint density at radius 2 is 2.00 bits per heavy atom. The summed E-state index contributed by atoms with van der Waals surface area (Å²) in [5.74, 6) is 1.22. The second-order valence-electron chi connectivity index (χ2n) is 2.98. The van der Waals surface area contributed by atoms with Gasteiger partial charge in [-0.3, -0.25) is 4.79 Å². The Balaban J connectivity index is 3.33. The van der Waals surface area contributed by atoms with Gasteiger partial charge >= 0.3 is 5.97 Å². The van der Waals surface area contributed by atoms with Crippen LogP contribution in [0.2, 0.25) is 0 Å². The molecule has 0 unspecified atom stereocenters. The molecule has 0 aliphatic heterocycles. The minimum absolute atomic E-state index is 0.186. The molecule has 0 aromatic rings. The lowest BCUT2D eigenvalue weighted by Gasteiger charge is -2.14. The Morgan fingerprint density at radius 3 is 2.50 bits per heavy atom. The van der Waals surface area contributed by atoms with Gasteiger partial charge in [-0.15, -0.1) is 0 Å². The zero-order chi connectivity index (χ0) is 11.0. The fraction of sp³-hybridized carbons (Fsp3) is 0.875. The fourth-order valence-corrected chi connectivity index (χ4v) is 2.21. The molecule has 0 radical (unpaired) electrons. The monoisotopic (exact) mass is 302 g/mol. The summed E-state index contributed by atoms with van der Waals surface area (Å²) in [5.41, 5.74) is 0. The van der Waals surface area contributed by atoms with Crippen LogP contribution >= 0.6 is 37.5 Å². The Kier molecular flexibility index (Phi) is 8.19. The molecule has 0 aromatic heterocycles.